The molecule has 1 aliphatic rings. The van der Waals surface area contributed by atoms with Gasteiger partial charge in [-0.15, -0.1) is 0 Å². The summed E-state index contributed by atoms with van der Waals surface area (Å²) in [6, 6.07) is 7.73. The van der Waals surface area contributed by atoms with Crippen molar-refractivity contribution in [1.29, 1.82) is 0 Å². The number of benzene rings is 1. The molecule has 110 valence electrons. The molecule has 2 heterocycles. The van der Waals surface area contributed by atoms with Crippen molar-refractivity contribution in [1.82, 2.24) is 9.97 Å². The third-order valence-electron chi connectivity index (χ3n) is 3.51. The number of halogens is 3. The summed E-state index contributed by atoms with van der Waals surface area (Å²) >= 11 is 16.2. The SMILES string of the molecule is Clc1nc(C2CCCOC2)nc(Cl)c1-c1ccccc1Br. The van der Waals surface area contributed by atoms with Gasteiger partial charge >= 0.3 is 0 Å². The van der Waals surface area contributed by atoms with Gasteiger partial charge < -0.3 is 4.74 Å². The minimum atomic E-state index is 0.169. The van der Waals surface area contributed by atoms with Gasteiger partial charge in [0, 0.05) is 22.6 Å². The smallest absolute Gasteiger partial charge is 0.142 e. The molecule has 1 atom stereocenters. The molecular formula is C15H13BrCl2N2O. The van der Waals surface area contributed by atoms with Crippen LogP contribution in [-0.4, -0.2) is 23.2 Å². The minimum absolute atomic E-state index is 0.169. The van der Waals surface area contributed by atoms with Crippen LogP contribution in [0, 0.1) is 0 Å². The van der Waals surface area contributed by atoms with Crippen LogP contribution in [0.3, 0.4) is 0 Å². The molecule has 1 fully saturated rings. The van der Waals surface area contributed by atoms with E-state index in [0.29, 0.717) is 28.3 Å². The van der Waals surface area contributed by atoms with Crippen molar-refractivity contribution in [3.05, 3.63) is 44.9 Å². The van der Waals surface area contributed by atoms with Crippen LogP contribution in [0.25, 0.3) is 11.1 Å². The van der Waals surface area contributed by atoms with E-state index in [-0.39, 0.29) is 5.92 Å². The highest BCUT2D eigenvalue weighted by Crippen LogP contribution is 2.38. The lowest BCUT2D eigenvalue weighted by Crippen LogP contribution is -2.18. The minimum Gasteiger partial charge on any atom is -0.381 e. The van der Waals surface area contributed by atoms with E-state index in [1.165, 1.54) is 0 Å². The van der Waals surface area contributed by atoms with E-state index in [2.05, 4.69) is 25.9 Å². The molecule has 0 N–H and O–H groups in total. The van der Waals surface area contributed by atoms with Crippen molar-refractivity contribution in [2.75, 3.05) is 13.2 Å². The molecule has 21 heavy (non-hydrogen) atoms. The van der Waals surface area contributed by atoms with Crippen LogP contribution < -0.4 is 0 Å². The van der Waals surface area contributed by atoms with Crippen molar-refractivity contribution in [3.63, 3.8) is 0 Å². The average Bonchev–Trinajstić information content (AvgIpc) is 2.49. The second kappa shape index (κ2) is 6.61. The van der Waals surface area contributed by atoms with Crippen LogP contribution in [0.5, 0.6) is 0 Å². The predicted octanol–water partition coefficient (Wildman–Crippen LogP) is 5.11. The predicted molar refractivity (Wildman–Crippen MR) is 88.0 cm³/mol. The average molecular weight is 388 g/mol. The highest BCUT2D eigenvalue weighted by molar-refractivity contribution is 9.10. The van der Waals surface area contributed by atoms with Gasteiger partial charge in [0.15, 0.2) is 0 Å². The number of hydrogen-bond acceptors (Lipinski definition) is 3. The van der Waals surface area contributed by atoms with Crippen LogP contribution in [0.2, 0.25) is 10.3 Å². The maximum atomic E-state index is 6.36. The van der Waals surface area contributed by atoms with E-state index >= 15 is 0 Å². The molecule has 1 aromatic heterocycles. The highest BCUT2D eigenvalue weighted by Gasteiger charge is 2.22. The quantitative estimate of drug-likeness (QED) is 0.671. The normalized spacial score (nSPS) is 18.7. The third-order valence-corrected chi connectivity index (χ3v) is 4.75. The molecule has 1 saturated heterocycles. The van der Waals surface area contributed by atoms with Crippen molar-refractivity contribution < 1.29 is 4.74 Å². The Balaban J connectivity index is 2.02. The number of ether oxygens (including phenoxy) is 1. The number of rotatable bonds is 2. The summed E-state index contributed by atoms with van der Waals surface area (Å²) in [4.78, 5) is 8.89. The molecule has 6 heteroatoms. The molecular weight excluding hydrogens is 375 g/mol. The van der Waals surface area contributed by atoms with E-state index in [4.69, 9.17) is 27.9 Å². The molecule has 1 unspecified atom stereocenters. The zero-order valence-electron chi connectivity index (χ0n) is 11.2. The molecule has 0 saturated carbocycles. The van der Waals surface area contributed by atoms with Gasteiger partial charge in [-0.1, -0.05) is 57.3 Å². The zero-order valence-corrected chi connectivity index (χ0v) is 14.2. The van der Waals surface area contributed by atoms with E-state index < -0.39 is 0 Å². The summed E-state index contributed by atoms with van der Waals surface area (Å²) in [6.45, 7) is 1.42. The van der Waals surface area contributed by atoms with Gasteiger partial charge in [0.25, 0.3) is 0 Å². The molecule has 3 nitrogen and oxygen atoms in total. The Labute approximate surface area is 141 Å². The van der Waals surface area contributed by atoms with Gasteiger partial charge in [0.1, 0.15) is 16.1 Å². The number of hydrogen-bond donors (Lipinski definition) is 0. The second-order valence-electron chi connectivity index (χ2n) is 4.93. The van der Waals surface area contributed by atoms with Crippen LogP contribution in [-0.2, 0) is 4.74 Å². The van der Waals surface area contributed by atoms with Gasteiger partial charge in [-0.05, 0) is 18.9 Å². The van der Waals surface area contributed by atoms with E-state index in [9.17, 15) is 0 Å². The fourth-order valence-electron chi connectivity index (χ4n) is 2.44. The van der Waals surface area contributed by atoms with Crippen molar-refractivity contribution in [2.24, 2.45) is 0 Å². The first-order valence-electron chi connectivity index (χ1n) is 6.72. The Kier molecular flexibility index (Phi) is 4.79. The van der Waals surface area contributed by atoms with E-state index in [1.54, 1.807) is 0 Å². The van der Waals surface area contributed by atoms with Crippen LogP contribution in [0.15, 0.2) is 28.7 Å². The van der Waals surface area contributed by atoms with Gasteiger partial charge in [0.05, 0.1) is 12.2 Å². The topological polar surface area (TPSA) is 35.0 Å². The van der Waals surface area contributed by atoms with Gasteiger partial charge in [0.2, 0.25) is 0 Å². The van der Waals surface area contributed by atoms with Crippen molar-refractivity contribution in [3.8, 4) is 11.1 Å². The first-order valence-corrected chi connectivity index (χ1v) is 8.27. The lowest BCUT2D eigenvalue weighted by Gasteiger charge is -2.21. The largest absolute Gasteiger partial charge is 0.381 e. The molecule has 0 amide bonds. The fraction of sp³-hybridized carbons (Fsp3) is 0.333. The van der Waals surface area contributed by atoms with E-state index in [0.717, 1.165) is 29.5 Å². The molecule has 0 spiro atoms. The zero-order chi connectivity index (χ0) is 14.8. The summed E-state index contributed by atoms with van der Waals surface area (Å²) < 4.78 is 6.39. The highest BCUT2D eigenvalue weighted by atomic mass is 79.9. The van der Waals surface area contributed by atoms with Crippen LogP contribution in [0.4, 0.5) is 0 Å². The first-order chi connectivity index (χ1) is 10.2. The maximum Gasteiger partial charge on any atom is 0.142 e. The maximum absolute atomic E-state index is 6.36. The Morgan fingerprint density at radius 2 is 1.86 bits per heavy atom. The second-order valence-corrected chi connectivity index (χ2v) is 6.50. The van der Waals surface area contributed by atoms with Crippen molar-refractivity contribution >= 4 is 39.1 Å². The summed E-state index contributed by atoms with van der Waals surface area (Å²) in [6.07, 6.45) is 2.01. The molecule has 0 aliphatic carbocycles. The Morgan fingerprint density at radius 3 is 2.48 bits per heavy atom. The first kappa shape index (κ1) is 15.2. The Bertz CT molecular complexity index is 637. The van der Waals surface area contributed by atoms with Crippen molar-refractivity contribution in [2.45, 2.75) is 18.8 Å². The van der Waals surface area contributed by atoms with Gasteiger partial charge in [-0.25, -0.2) is 9.97 Å². The standard InChI is InChI=1S/C15H13BrCl2N2O/c16-11-6-2-1-5-10(11)12-13(17)19-15(20-14(12)18)9-4-3-7-21-8-9/h1-2,5-6,9H,3-4,7-8H2. The number of nitrogens with zero attached hydrogens (tertiary/aromatic N) is 2. The fourth-order valence-corrected chi connectivity index (χ4v) is 3.52. The monoisotopic (exact) mass is 386 g/mol. The Hall–Kier alpha value is -0.680. The van der Waals surface area contributed by atoms with E-state index in [1.807, 2.05) is 24.3 Å². The molecule has 0 radical (unpaired) electrons. The summed E-state index contributed by atoms with van der Waals surface area (Å²) in [7, 11) is 0. The molecule has 2 aromatic rings. The van der Waals surface area contributed by atoms with Gasteiger partial charge in [-0.3, -0.25) is 0 Å². The lowest BCUT2D eigenvalue weighted by atomic mass is 10.0. The van der Waals surface area contributed by atoms with Crippen LogP contribution >= 0.6 is 39.1 Å². The Morgan fingerprint density at radius 1 is 1.14 bits per heavy atom. The lowest BCUT2D eigenvalue weighted by molar-refractivity contribution is 0.0780. The summed E-state index contributed by atoms with van der Waals surface area (Å²) in [5.74, 6) is 0.836. The third kappa shape index (κ3) is 3.24. The summed E-state index contributed by atoms with van der Waals surface area (Å²) in [5.41, 5.74) is 1.55. The molecule has 1 aliphatic heterocycles. The summed E-state index contributed by atoms with van der Waals surface area (Å²) in [5, 5.41) is 0.755. The molecule has 0 bridgehead atoms. The molecule has 3 rings (SSSR count). The van der Waals surface area contributed by atoms with Crippen LogP contribution in [0.1, 0.15) is 24.6 Å². The van der Waals surface area contributed by atoms with Gasteiger partial charge in [-0.2, -0.15) is 0 Å². The molecule has 1 aromatic carbocycles. The number of aromatic nitrogens is 2.